The van der Waals surface area contributed by atoms with Crippen molar-refractivity contribution in [3.05, 3.63) is 42.1 Å². The van der Waals surface area contributed by atoms with Gasteiger partial charge < -0.3 is 0 Å². The Hall–Kier alpha value is -1.57. The van der Waals surface area contributed by atoms with E-state index >= 15 is 0 Å². The van der Waals surface area contributed by atoms with Crippen LogP contribution < -0.4 is 0 Å². The molecule has 0 bridgehead atoms. The Kier molecular flexibility index (Phi) is 4.14. The van der Waals surface area contributed by atoms with Gasteiger partial charge in [0.2, 0.25) is 0 Å². The van der Waals surface area contributed by atoms with Crippen molar-refractivity contribution in [1.29, 1.82) is 5.26 Å². The summed E-state index contributed by atoms with van der Waals surface area (Å²) in [5.74, 6) is 0. The van der Waals surface area contributed by atoms with Gasteiger partial charge in [-0.1, -0.05) is 18.2 Å². The molecular formula is C17H19N3S. The second-order valence-electron chi connectivity index (χ2n) is 5.57. The highest BCUT2D eigenvalue weighted by molar-refractivity contribution is 8.00. The number of hydrogen-bond acceptors (Lipinski definition) is 4. The van der Waals surface area contributed by atoms with Gasteiger partial charge in [-0.25, -0.2) is 0 Å². The zero-order valence-corrected chi connectivity index (χ0v) is 13.1. The third-order valence-electron chi connectivity index (χ3n) is 4.39. The number of benzene rings is 1. The molecule has 0 atom stereocenters. The van der Waals surface area contributed by atoms with E-state index in [0.29, 0.717) is 0 Å². The summed E-state index contributed by atoms with van der Waals surface area (Å²) in [4.78, 5) is 6.87. The van der Waals surface area contributed by atoms with Crippen LogP contribution in [0.5, 0.6) is 0 Å². The zero-order chi connectivity index (χ0) is 14.7. The van der Waals surface area contributed by atoms with Gasteiger partial charge in [-0.05, 0) is 36.8 Å². The molecule has 1 aromatic heterocycles. The quantitative estimate of drug-likeness (QED) is 0.870. The van der Waals surface area contributed by atoms with Crippen molar-refractivity contribution in [2.75, 3.05) is 19.3 Å². The lowest BCUT2D eigenvalue weighted by atomic mass is 9.96. The van der Waals surface area contributed by atoms with Crippen LogP contribution in [0.2, 0.25) is 0 Å². The Labute approximate surface area is 130 Å². The monoisotopic (exact) mass is 297 g/mol. The average Bonchev–Trinajstić information content (AvgIpc) is 2.56. The van der Waals surface area contributed by atoms with E-state index in [0.717, 1.165) is 38.0 Å². The molecule has 0 spiro atoms. The maximum atomic E-state index is 9.36. The minimum Gasteiger partial charge on any atom is -0.299 e. The molecule has 0 radical (unpaired) electrons. The number of nitriles is 1. The van der Waals surface area contributed by atoms with Crippen molar-refractivity contribution >= 4 is 22.7 Å². The molecule has 3 rings (SSSR count). The van der Waals surface area contributed by atoms with Gasteiger partial charge in [-0.15, -0.1) is 11.8 Å². The molecule has 1 saturated heterocycles. The fourth-order valence-corrected chi connectivity index (χ4v) is 3.65. The number of thioether (sulfide) groups is 1. The normalized spacial score (nSPS) is 18.5. The van der Waals surface area contributed by atoms with Gasteiger partial charge in [-0.2, -0.15) is 5.26 Å². The second kappa shape index (κ2) is 6.05. The van der Waals surface area contributed by atoms with Crippen LogP contribution in [0.15, 0.2) is 36.5 Å². The molecule has 0 amide bonds. The van der Waals surface area contributed by atoms with E-state index in [9.17, 15) is 5.26 Å². The standard InChI is InChI=1S/C17H19N3S/c1-21-17(13-18)7-10-20(11-8-17)12-14-6-9-19-16-5-3-2-4-15(14)16/h2-6,9H,7-8,10-12H2,1H3. The first-order valence-electron chi connectivity index (χ1n) is 7.28. The molecule has 0 saturated carbocycles. The van der Waals surface area contributed by atoms with Crippen LogP contribution in [-0.4, -0.2) is 34.0 Å². The maximum absolute atomic E-state index is 9.36. The lowest BCUT2D eigenvalue weighted by Gasteiger charge is -2.36. The number of aromatic nitrogens is 1. The van der Waals surface area contributed by atoms with E-state index in [-0.39, 0.29) is 4.75 Å². The topological polar surface area (TPSA) is 39.9 Å². The maximum Gasteiger partial charge on any atom is 0.104 e. The van der Waals surface area contributed by atoms with Crippen molar-refractivity contribution in [3.8, 4) is 6.07 Å². The predicted molar refractivity (Wildman–Crippen MR) is 88.1 cm³/mol. The summed E-state index contributed by atoms with van der Waals surface area (Å²) in [7, 11) is 0. The Morgan fingerprint density at radius 3 is 2.76 bits per heavy atom. The van der Waals surface area contributed by atoms with E-state index in [2.05, 4.69) is 46.5 Å². The number of para-hydroxylation sites is 1. The number of nitrogens with zero attached hydrogens (tertiary/aromatic N) is 3. The molecule has 3 nitrogen and oxygen atoms in total. The average molecular weight is 297 g/mol. The molecule has 1 aliphatic heterocycles. The van der Waals surface area contributed by atoms with Gasteiger partial charge in [-0.3, -0.25) is 9.88 Å². The largest absolute Gasteiger partial charge is 0.299 e. The van der Waals surface area contributed by atoms with Crippen LogP contribution in [0.1, 0.15) is 18.4 Å². The SMILES string of the molecule is CSC1(C#N)CCN(Cc2ccnc3ccccc23)CC1. The van der Waals surface area contributed by atoms with Crippen LogP contribution in [0.25, 0.3) is 10.9 Å². The summed E-state index contributed by atoms with van der Waals surface area (Å²) in [6.07, 6.45) is 5.85. The Morgan fingerprint density at radius 2 is 2.05 bits per heavy atom. The van der Waals surface area contributed by atoms with E-state index in [1.807, 2.05) is 12.3 Å². The Balaban J connectivity index is 1.75. The van der Waals surface area contributed by atoms with Gasteiger partial charge >= 0.3 is 0 Å². The van der Waals surface area contributed by atoms with Crippen molar-refractivity contribution in [2.24, 2.45) is 0 Å². The Bertz CT molecular complexity index is 664. The highest BCUT2D eigenvalue weighted by Crippen LogP contribution is 2.34. The molecule has 2 heterocycles. The lowest BCUT2D eigenvalue weighted by molar-refractivity contribution is 0.210. The fourth-order valence-electron chi connectivity index (χ4n) is 2.97. The molecule has 108 valence electrons. The summed E-state index contributed by atoms with van der Waals surface area (Å²) in [5, 5.41) is 10.6. The number of piperidine rings is 1. The third kappa shape index (κ3) is 2.90. The van der Waals surface area contributed by atoms with Crippen LogP contribution >= 0.6 is 11.8 Å². The first-order chi connectivity index (χ1) is 10.3. The third-order valence-corrected chi connectivity index (χ3v) is 5.67. The van der Waals surface area contributed by atoms with Crippen LogP contribution in [0.4, 0.5) is 0 Å². The van der Waals surface area contributed by atoms with E-state index in [1.54, 1.807) is 11.8 Å². The Morgan fingerprint density at radius 1 is 1.29 bits per heavy atom. The fraction of sp³-hybridized carbons (Fsp3) is 0.412. The lowest BCUT2D eigenvalue weighted by Crippen LogP contribution is -2.41. The molecule has 2 aromatic rings. The molecule has 0 N–H and O–H groups in total. The van der Waals surface area contributed by atoms with Gasteiger partial charge in [0.1, 0.15) is 4.75 Å². The first-order valence-corrected chi connectivity index (χ1v) is 8.50. The number of fused-ring (bicyclic) bond motifs is 1. The number of hydrogen-bond donors (Lipinski definition) is 0. The van der Waals surface area contributed by atoms with Crippen molar-refractivity contribution < 1.29 is 0 Å². The smallest absolute Gasteiger partial charge is 0.104 e. The zero-order valence-electron chi connectivity index (χ0n) is 12.2. The van der Waals surface area contributed by atoms with Gasteiger partial charge in [0.05, 0.1) is 11.6 Å². The summed E-state index contributed by atoms with van der Waals surface area (Å²) >= 11 is 1.71. The highest BCUT2D eigenvalue weighted by atomic mass is 32.2. The first kappa shape index (κ1) is 14.4. The number of pyridine rings is 1. The van der Waals surface area contributed by atoms with Crippen LogP contribution in [-0.2, 0) is 6.54 Å². The van der Waals surface area contributed by atoms with Crippen molar-refractivity contribution in [3.63, 3.8) is 0 Å². The molecule has 0 unspecified atom stereocenters. The molecule has 0 aliphatic carbocycles. The van der Waals surface area contributed by atoms with Gasteiger partial charge in [0.25, 0.3) is 0 Å². The molecule has 1 aliphatic rings. The van der Waals surface area contributed by atoms with Crippen LogP contribution in [0.3, 0.4) is 0 Å². The molecular weight excluding hydrogens is 278 g/mol. The number of rotatable bonds is 3. The predicted octanol–water partition coefficient (Wildman–Crippen LogP) is 3.46. The molecule has 4 heteroatoms. The highest BCUT2D eigenvalue weighted by Gasteiger charge is 2.33. The van der Waals surface area contributed by atoms with Gasteiger partial charge in [0.15, 0.2) is 0 Å². The van der Waals surface area contributed by atoms with Gasteiger partial charge in [0, 0.05) is 31.2 Å². The molecule has 1 fully saturated rings. The number of likely N-dealkylation sites (tertiary alicyclic amines) is 1. The van der Waals surface area contributed by atoms with Crippen molar-refractivity contribution in [1.82, 2.24) is 9.88 Å². The van der Waals surface area contributed by atoms with Crippen LogP contribution in [0, 0.1) is 11.3 Å². The minimum absolute atomic E-state index is 0.170. The second-order valence-corrected chi connectivity index (χ2v) is 6.76. The molecule has 1 aromatic carbocycles. The van der Waals surface area contributed by atoms with Crippen molar-refractivity contribution in [2.45, 2.75) is 24.1 Å². The van der Waals surface area contributed by atoms with E-state index in [1.165, 1.54) is 10.9 Å². The van der Waals surface area contributed by atoms with E-state index < -0.39 is 0 Å². The molecule has 21 heavy (non-hydrogen) atoms. The summed E-state index contributed by atoms with van der Waals surface area (Å²) < 4.78 is -0.170. The summed E-state index contributed by atoms with van der Waals surface area (Å²) in [6.45, 7) is 2.93. The summed E-state index contributed by atoms with van der Waals surface area (Å²) in [5.41, 5.74) is 2.39. The minimum atomic E-state index is -0.170. The van der Waals surface area contributed by atoms with E-state index in [4.69, 9.17) is 0 Å². The summed E-state index contributed by atoms with van der Waals surface area (Å²) in [6, 6.07) is 12.9.